The Kier molecular flexibility index (Phi) is 2.08. The molecule has 1 atom stereocenters. The van der Waals surface area contributed by atoms with Crippen molar-refractivity contribution in [3.05, 3.63) is 12.2 Å². The molecule has 1 aliphatic rings. The van der Waals surface area contributed by atoms with Gasteiger partial charge in [0.05, 0.1) is 6.61 Å². The van der Waals surface area contributed by atoms with E-state index in [0.29, 0.717) is 18.6 Å². The Labute approximate surface area is 65.0 Å². The molecule has 0 N–H and O–H groups in total. The van der Waals surface area contributed by atoms with Crippen LogP contribution in [0.2, 0.25) is 0 Å². The van der Waals surface area contributed by atoms with Crippen LogP contribution in [0.5, 0.6) is 0 Å². The topological polar surface area (TPSA) is 43.4 Å². The predicted octanol–water partition coefficient (Wildman–Crippen LogP) is 0.695. The van der Waals surface area contributed by atoms with Gasteiger partial charge in [0.15, 0.2) is 5.78 Å². The zero-order valence-corrected chi connectivity index (χ0v) is 6.42. The van der Waals surface area contributed by atoms with Crippen molar-refractivity contribution in [1.29, 1.82) is 0 Å². The van der Waals surface area contributed by atoms with Gasteiger partial charge in [-0.3, -0.25) is 9.59 Å². The normalized spacial score (nSPS) is 23.0. The average molecular weight is 154 g/mol. The third kappa shape index (κ3) is 1.48. The maximum Gasteiger partial charge on any atom is 0.316 e. The fraction of sp³-hybridized carbons (Fsp3) is 0.500. The Hall–Kier alpha value is -1.12. The molecule has 1 fully saturated rings. The molecule has 0 amide bonds. The first kappa shape index (κ1) is 7.98. The Morgan fingerprint density at radius 1 is 1.73 bits per heavy atom. The zero-order valence-electron chi connectivity index (χ0n) is 6.42. The van der Waals surface area contributed by atoms with E-state index in [9.17, 15) is 9.59 Å². The van der Waals surface area contributed by atoms with Gasteiger partial charge in [-0.1, -0.05) is 6.58 Å². The van der Waals surface area contributed by atoms with Crippen molar-refractivity contribution in [3.63, 3.8) is 0 Å². The number of rotatable bonds is 2. The maximum absolute atomic E-state index is 11.2. The monoisotopic (exact) mass is 154 g/mol. The van der Waals surface area contributed by atoms with Gasteiger partial charge in [0, 0.05) is 6.42 Å². The van der Waals surface area contributed by atoms with Crippen LogP contribution in [0.1, 0.15) is 13.3 Å². The largest absolute Gasteiger partial charge is 0.465 e. The van der Waals surface area contributed by atoms with Crippen molar-refractivity contribution in [2.24, 2.45) is 5.92 Å². The van der Waals surface area contributed by atoms with Crippen molar-refractivity contribution in [1.82, 2.24) is 0 Å². The molecule has 1 saturated heterocycles. The van der Waals surface area contributed by atoms with Crippen LogP contribution in [-0.4, -0.2) is 18.4 Å². The lowest BCUT2D eigenvalue weighted by Gasteiger charge is -2.01. The van der Waals surface area contributed by atoms with Crippen molar-refractivity contribution in [2.75, 3.05) is 6.61 Å². The highest BCUT2D eigenvalue weighted by Gasteiger charge is 2.32. The molecule has 0 aromatic rings. The fourth-order valence-corrected chi connectivity index (χ4v) is 1.03. The van der Waals surface area contributed by atoms with Gasteiger partial charge in [0.2, 0.25) is 0 Å². The quantitative estimate of drug-likeness (QED) is 0.334. The Morgan fingerprint density at radius 3 is 2.73 bits per heavy atom. The second-order valence-electron chi connectivity index (χ2n) is 2.65. The summed E-state index contributed by atoms with van der Waals surface area (Å²) in [5.74, 6) is -1.17. The fourth-order valence-electron chi connectivity index (χ4n) is 1.03. The van der Waals surface area contributed by atoms with Crippen LogP contribution in [0.4, 0.5) is 0 Å². The summed E-state index contributed by atoms with van der Waals surface area (Å²) in [6.45, 7) is 5.45. The predicted molar refractivity (Wildman–Crippen MR) is 38.9 cm³/mol. The molecule has 1 aliphatic heterocycles. The molecule has 0 spiro atoms. The number of hydrogen-bond donors (Lipinski definition) is 0. The van der Waals surface area contributed by atoms with E-state index < -0.39 is 11.9 Å². The summed E-state index contributed by atoms with van der Waals surface area (Å²) in [6, 6.07) is 0. The molecule has 1 rings (SSSR count). The van der Waals surface area contributed by atoms with Gasteiger partial charge < -0.3 is 4.74 Å². The van der Waals surface area contributed by atoms with E-state index in [1.165, 1.54) is 0 Å². The maximum atomic E-state index is 11.2. The van der Waals surface area contributed by atoms with E-state index in [1.807, 2.05) is 0 Å². The van der Waals surface area contributed by atoms with Gasteiger partial charge in [0.1, 0.15) is 5.92 Å². The van der Waals surface area contributed by atoms with E-state index in [2.05, 4.69) is 11.3 Å². The SMILES string of the molecule is C=C(C)C(=O)C1CCOC1=O. The van der Waals surface area contributed by atoms with Crippen LogP contribution in [0, 0.1) is 5.92 Å². The van der Waals surface area contributed by atoms with E-state index in [0.717, 1.165) is 0 Å². The van der Waals surface area contributed by atoms with Gasteiger partial charge in [-0.25, -0.2) is 0 Å². The van der Waals surface area contributed by atoms with Gasteiger partial charge in [0.25, 0.3) is 0 Å². The van der Waals surface area contributed by atoms with E-state index >= 15 is 0 Å². The highest BCUT2D eigenvalue weighted by atomic mass is 16.5. The number of carbonyl (C=O) groups is 2. The number of carbonyl (C=O) groups excluding carboxylic acids is 2. The van der Waals surface area contributed by atoms with Gasteiger partial charge in [-0.2, -0.15) is 0 Å². The molecule has 0 aliphatic carbocycles. The molecular weight excluding hydrogens is 144 g/mol. The van der Waals surface area contributed by atoms with Crippen LogP contribution in [0.3, 0.4) is 0 Å². The minimum absolute atomic E-state index is 0.187. The molecule has 60 valence electrons. The summed E-state index contributed by atoms with van der Waals surface area (Å²) in [4.78, 5) is 22.0. The molecule has 0 aromatic heterocycles. The lowest BCUT2D eigenvalue weighted by molar-refractivity contribution is -0.143. The van der Waals surface area contributed by atoms with Crippen LogP contribution in [0.15, 0.2) is 12.2 Å². The van der Waals surface area contributed by atoms with Crippen LogP contribution in [0.25, 0.3) is 0 Å². The van der Waals surface area contributed by atoms with Gasteiger partial charge >= 0.3 is 5.97 Å². The minimum atomic E-state index is -0.576. The summed E-state index contributed by atoms with van der Waals surface area (Å²) in [5.41, 5.74) is 0.425. The van der Waals surface area contributed by atoms with E-state index in [1.54, 1.807) is 6.92 Å². The van der Waals surface area contributed by atoms with Crippen molar-refractivity contribution < 1.29 is 14.3 Å². The van der Waals surface area contributed by atoms with Crippen molar-refractivity contribution in [2.45, 2.75) is 13.3 Å². The number of hydrogen-bond acceptors (Lipinski definition) is 3. The smallest absolute Gasteiger partial charge is 0.316 e. The number of esters is 1. The van der Waals surface area contributed by atoms with Crippen LogP contribution < -0.4 is 0 Å². The zero-order chi connectivity index (χ0) is 8.43. The highest BCUT2D eigenvalue weighted by Crippen LogP contribution is 2.17. The van der Waals surface area contributed by atoms with Crippen LogP contribution >= 0.6 is 0 Å². The first-order valence-electron chi connectivity index (χ1n) is 3.49. The summed E-state index contributed by atoms with van der Waals surface area (Å²) in [7, 11) is 0. The summed E-state index contributed by atoms with van der Waals surface area (Å²) in [5, 5.41) is 0. The lowest BCUT2D eigenvalue weighted by Crippen LogP contribution is -2.19. The average Bonchev–Trinajstić information content (AvgIpc) is 2.33. The first-order valence-corrected chi connectivity index (χ1v) is 3.49. The Bertz CT molecular complexity index is 217. The standard InChI is InChI=1S/C8H10O3/c1-5(2)7(9)6-3-4-11-8(6)10/h6H,1,3-4H2,2H3. The lowest BCUT2D eigenvalue weighted by atomic mass is 9.98. The summed E-state index contributed by atoms with van der Waals surface area (Å²) < 4.78 is 4.64. The number of Topliss-reactive ketones (excluding diaryl/α,β-unsaturated/α-hetero) is 1. The molecule has 3 nitrogen and oxygen atoms in total. The third-order valence-electron chi connectivity index (χ3n) is 1.67. The number of ketones is 1. The Morgan fingerprint density at radius 2 is 2.36 bits per heavy atom. The van der Waals surface area contributed by atoms with Gasteiger partial charge in [-0.15, -0.1) is 0 Å². The molecule has 0 saturated carbocycles. The molecule has 1 heterocycles. The molecule has 1 unspecified atom stereocenters. The summed E-state index contributed by atoms with van der Waals surface area (Å²) >= 11 is 0. The van der Waals surface area contributed by atoms with Crippen LogP contribution in [-0.2, 0) is 14.3 Å². The highest BCUT2D eigenvalue weighted by molar-refractivity contribution is 6.08. The molecule has 0 radical (unpaired) electrons. The van der Waals surface area contributed by atoms with E-state index in [-0.39, 0.29) is 5.78 Å². The molecule has 0 bridgehead atoms. The number of allylic oxidation sites excluding steroid dienone is 1. The molecule has 3 heteroatoms. The summed E-state index contributed by atoms with van der Waals surface area (Å²) in [6.07, 6.45) is 0.504. The van der Waals surface area contributed by atoms with Gasteiger partial charge in [-0.05, 0) is 12.5 Å². The van der Waals surface area contributed by atoms with Crippen molar-refractivity contribution >= 4 is 11.8 Å². The second-order valence-corrected chi connectivity index (χ2v) is 2.65. The number of ether oxygens (including phenoxy) is 1. The second kappa shape index (κ2) is 2.86. The molecule has 11 heavy (non-hydrogen) atoms. The first-order chi connectivity index (χ1) is 5.13. The van der Waals surface area contributed by atoms with E-state index in [4.69, 9.17) is 0 Å². The van der Waals surface area contributed by atoms with Crippen molar-refractivity contribution in [3.8, 4) is 0 Å². The third-order valence-corrected chi connectivity index (χ3v) is 1.67. The molecule has 0 aromatic carbocycles. The number of cyclic esters (lactones) is 1. The minimum Gasteiger partial charge on any atom is -0.465 e. The molecular formula is C8H10O3. The Balaban J connectivity index is 2.67.